The van der Waals surface area contributed by atoms with Crippen LogP contribution in [0.2, 0.25) is 5.15 Å². The van der Waals surface area contributed by atoms with Crippen molar-refractivity contribution in [1.29, 1.82) is 0 Å². The highest BCUT2D eigenvalue weighted by Crippen LogP contribution is 2.28. The van der Waals surface area contributed by atoms with Crippen LogP contribution in [0.1, 0.15) is 0 Å². The molecule has 0 aliphatic rings. The van der Waals surface area contributed by atoms with Crippen LogP contribution in [0.15, 0.2) is 30.5 Å². The van der Waals surface area contributed by atoms with Crippen LogP contribution in [0.3, 0.4) is 0 Å². The standard InChI is InChI=1S/C12H10ClN5O2S/c1-21(19,20)18-8-5-3-2-4-7(8)12-15-9-6-14-17-10(9)11(13)16-12/h2-6,18H,1H3,(H,14,17). The zero-order chi connectivity index (χ0) is 15.0. The normalized spacial score (nSPS) is 11.7. The van der Waals surface area contributed by atoms with Crippen molar-refractivity contribution in [1.82, 2.24) is 20.2 Å². The summed E-state index contributed by atoms with van der Waals surface area (Å²) < 4.78 is 25.3. The summed E-state index contributed by atoms with van der Waals surface area (Å²) >= 11 is 6.07. The molecule has 21 heavy (non-hydrogen) atoms. The molecular formula is C12H10ClN5O2S. The number of H-pyrrole nitrogens is 1. The highest BCUT2D eigenvalue weighted by molar-refractivity contribution is 7.92. The van der Waals surface area contributed by atoms with E-state index in [1.54, 1.807) is 30.5 Å². The molecule has 0 atom stereocenters. The highest BCUT2D eigenvalue weighted by Gasteiger charge is 2.14. The van der Waals surface area contributed by atoms with E-state index < -0.39 is 10.0 Å². The molecule has 9 heteroatoms. The molecule has 3 rings (SSSR count). The van der Waals surface area contributed by atoms with Gasteiger partial charge in [-0.05, 0) is 12.1 Å². The minimum atomic E-state index is -3.41. The van der Waals surface area contributed by atoms with Gasteiger partial charge in [-0.2, -0.15) is 5.10 Å². The molecule has 0 radical (unpaired) electrons. The first kappa shape index (κ1) is 13.8. The molecule has 0 fully saturated rings. The first-order chi connectivity index (χ1) is 9.94. The second-order valence-corrected chi connectivity index (χ2v) is 6.48. The first-order valence-corrected chi connectivity index (χ1v) is 8.15. The van der Waals surface area contributed by atoms with E-state index >= 15 is 0 Å². The van der Waals surface area contributed by atoms with Gasteiger partial charge in [0.15, 0.2) is 11.0 Å². The third-order valence-corrected chi connectivity index (χ3v) is 3.56. The number of aromatic nitrogens is 4. The lowest BCUT2D eigenvalue weighted by Crippen LogP contribution is -2.10. The molecule has 2 N–H and O–H groups in total. The van der Waals surface area contributed by atoms with E-state index in [1.165, 1.54) is 0 Å². The molecule has 0 saturated carbocycles. The number of benzene rings is 1. The zero-order valence-corrected chi connectivity index (χ0v) is 12.4. The van der Waals surface area contributed by atoms with Crippen LogP contribution in [-0.4, -0.2) is 34.8 Å². The number of fused-ring (bicyclic) bond motifs is 1. The van der Waals surface area contributed by atoms with Gasteiger partial charge in [-0.25, -0.2) is 18.4 Å². The largest absolute Gasteiger partial charge is 0.283 e. The average molecular weight is 324 g/mol. The predicted octanol–water partition coefficient (Wildman–Crippen LogP) is 2.04. The molecule has 0 aliphatic heterocycles. The van der Waals surface area contributed by atoms with Gasteiger partial charge >= 0.3 is 0 Å². The van der Waals surface area contributed by atoms with Gasteiger partial charge in [0.05, 0.1) is 11.9 Å². The number of para-hydroxylation sites is 1. The minimum Gasteiger partial charge on any atom is -0.283 e. The van der Waals surface area contributed by atoms with Crippen molar-refractivity contribution in [2.75, 3.05) is 11.0 Å². The summed E-state index contributed by atoms with van der Waals surface area (Å²) in [6.45, 7) is 0. The lowest BCUT2D eigenvalue weighted by atomic mass is 10.1. The molecule has 2 aromatic heterocycles. The Kier molecular flexibility index (Phi) is 3.26. The molecule has 0 unspecified atom stereocenters. The average Bonchev–Trinajstić information content (AvgIpc) is 2.86. The molecule has 0 aliphatic carbocycles. The molecule has 0 amide bonds. The molecule has 108 valence electrons. The van der Waals surface area contributed by atoms with Crippen LogP contribution in [0.5, 0.6) is 0 Å². The third kappa shape index (κ3) is 2.81. The maximum atomic E-state index is 11.4. The molecule has 2 heterocycles. The lowest BCUT2D eigenvalue weighted by molar-refractivity contribution is 0.607. The van der Waals surface area contributed by atoms with Gasteiger partial charge in [0, 0.05) is 11.8 Å². The van der Waals surface area contributed by atoms with Gasteiger partial charge in [-0.3, -0.25) is 9.82 Å². The van der Waals surface area contributed by atoms with Gasteiger partial charge in [-0.15, -0.1) is 0 Å². The van der Waals surface area contributed by atoms with Gasteiger partial charge < -0.3 is 0 Å². The summed E-state index contributed by atoms with van der Waals surface area (Å²) in [6, 6.07) is 6.83. The molecule has 0 bridgehead atoms. The van der Waals surface area contributed by atoms with E-state index in [-0.39, 0.29) is 5.15 Å². The van der Waals surface area contributed by atoms with E-state index in [0.717, 1.165) is 6.26 Å². The highest BCUT2D eigenvalue weighted by atomic mass is 35.5. The fourth-order valence-electron chi connectivity index (χ4n) is 1.89. The van der Waals surface area contributed by atoms with Crippen molar-refractivity contribution in [3.8, 4) is 11.4 Å². The van der Waals surface area contributed by atoms with Crippen molar-refractivity contribution in [3.63, 3.8) is 0 Å². The quantitative estimate of drug-likeness (QED) is 0.718. The maximum Gasteiger partial charge on any atom is 0.229 e. The van der Waals surface area contributed by atoms with Crippen molar-refractivity contribution in [2.24, 2.45) is 0 Å². The van der Waals surface area contributed by atoms with Gasteiger partial charge in [0.2, 0.25) is 10.0 Å². The number of sulfonamides is 1. The van der Waals surface area contributed by atoms with Crippen molar-refractivity contribution < 1.29 is 8.42 Å². The Labute approximate surface area is 125 Å². The van der Waals surface area contributed by atoms with Crippen LogP contribution in [0.25, 0.3) is 22.4 Å². The van der Waals surface area contributed by atoms with Crippen LogP contribution >= 0.6 is 11.6 Å². The van der Waals surface area contributed by atoms with E-state index in [0.29, 0.717) is 28.1 Å². The summed E-state index contributed by atoms with van der Waals surface area (Å²) in [5.41, 5.74) is 1.94. The van der Waals surface area contributed by atoms with Crippen LogP contribution < -0.4 is 4.72 Å². The molecule has 7 nitrogen and oxygen atoms in total. The van der Waals surface area contributed by atoms with Gasteiger partial charge in [-0.1, -0.05) is 23.7 Å². The number of rotatable bonds is 3. The fraction of sp³-hybridized carbons (Fsp3) is 0.0833. The Balaban J connectivity index is 2.18. The Morgan fingerprint density at radius 2 is 2.00 bits per heavy atom. The first-order valence-electron chi connectivity index (χ1n) is 5.88. The van der Waals surface area contributed by atoms with Crippen LogP contribution in [0, 0.1) is 0 Å². The number of hydrogen-bond donors (Lipinski definition) is 2. The smallest absolute Gasteiger partial charge is 0.229 e. The Bertz CT molecular complexity index is 922. The van der Waals surface area contributed by atoms with E-state index in [2.05, 4.69) is 24.9 Å². The molecular weight excluding hydrogens is 314 g/mol. The number of hydrogen-bond acceptors (Lipinski definition) is 5. The molecule has 3 aromatic rings. The lowest BCUT2D eigenvalue weighted by Gasteiger charge is -2.09. The SMILES string of the molecule is CS(=O)(=O)Nc1ccccc1-c1nc(Cl)c2n[nH]cc2n1. The Morgan fingerprint density at radius 1 is 1.24 bits per heavy atom. The molecule has 0 saturated heterocycles. The van der Waals surface area contributed by atoms with Gasteiger partial charge in [0.25, 0.3) is 0 Å². The number of aromatic amines is 1. The second kappa shape index (κ2) is 4.97. The summed E-state index contributed by atoms with van der Waals surface area (Å²) in [5.74, 6) is 0.320. The number of anilines is 1. The van der Waals surface area contributed by atoms with Crippen molar-refractivity contribution in [3.05, 3.63) is 35.6 Å². The van der Waals surface area contributed by atoms with Crippen LogP contribution in [-0.2, 0) is 10.0 Å². The van der Waals surface area contributed by atoms with Crippen LogP contribution in [0.4, 0.5) is 5.69 Å². The molecule has 1 aromatic carbocycles. The number of nitrogens with one attached hydrogen (secondary N) is 2. The fourth-order valence-corrected chi connectivity index (χ4v) is 2.69. The number of nitrogens with zero attached hydrogens (tertiary/aromatic N) is 3. The second-order valence-electron chi connectivity index (χ2n) is 4.38. The topological polar surface area (TPSA) is 101 Å². The van der Waals surface area contributed by atoms with Crippen molar-refractivity contribution in [2.45, 2.75) is 0 Å². The molecule has 0 spiro atoms. The summed E-state index contributed by atoms with van der Waals surface area (Å²) in [5, 5.41) is 6.80. The van der Waals surface area contributed by atoms with E-state index in [4.69, 9.17) is 11.6 Å². The Hall–Kier alpha value is -2.19. The minimum absolute atomic E-state index is 0.199. The zero-order valence-electron chi connectivity index (χ0n) is 10.8. The number of halogens is 1. The summed E-state index contributed by atoms with van der Waals surface area (Å²) in [7, 11) is -3.41. The summed E-state index contributed by atoms with van der Waals surface area (Å²) in [4.78, 5) is 8.50. The summed E-state index contributed by atoms with van der Waals surface area (Å²) in [6.07, 6.45) is 2.68. The van der Waals surface area contributed by atoms with Crippen molar-refractivity contribution >= 4 is 38.3 Å². The predicted molar refractivity (Wildman–Crippen MR) is 80.6 cm³/mol. The van der Waals surface area contributed by atoms with E-state index in [1.807, 2.05) is 0 Å². The van der Waals surface area contributed by atoms with E-state index in [9.17, 15) is 8.42 Å². The Morgan fingerprint density at radius 3 is 2.76 bits per heavy atom. The third-order valence-electron chi connectivity index (χ3n) is 2.71. The van der Waals surface area contributed by atoms with Gasteiger partial charge in [0.1, 0.15) is 11.0 Å². The maximum absolute atomic E-state index is 11.4. The monoisotopic (exact) mass is 323 g/mol.